The van der Waals surface area contributed by atoms with Gasteiger partial charge < -0.3 is 73.7 Å². The van der Waals surface area contributed by atoms with E-state index in [9.17, 15) is 63.6 Å². The van der Waals surface area contributed by atoms with Crippen molar-refractivity contribution in [2.45, 2.75) is 168 Å². The lowest BCUT2D eigenvalue weighted by molar-refractivity contribution is -0.144. The molecule has 0 spiro atoms. The molecule has 23 nitrogen and oxygen atoms in total. The Labute approximate surface area is 402 Å². The number of H-pyrrole nitrogens is 1. The van der Waals surface area contributed by atoms with Crippen molar-refractivity contribution in [1.29, 1.82) is 0 Å². The minimum absolute atomic E-state index is 0.0535. The zero-order chi connectivity index (χ0) is 52.6. The highest BCUT2D eigenvalue weighted by atomic mass is 16.4. The van der Waals surface area contributed by atoms with E-state index in [1.54, 1.807) is 40.0 Å². The first-order chi connectivity index (χ1) is 32.1. The van der Waals surface area contributed by atoms with Crippen molar-refractivity contribution >= 4 is 64.1 Å². The van der Waals surface area contributed by atoms with E-state index in [0.29, 0.717) is 12.0 Å². The average Bonchev–Trinajstić information content (AvgIpc) is 3.68. The predicted molar refractivity (Wildman–Crippen MR) is 253 cm³/mol. The second kappa shape index (κ2) is 27.1. The Hall–Kier alpha value is -6.17. The van der Waals surface area contributed by atoms with Crippen molar-refractivity contribution in [2.24, 2.45) is 23.5 Å². The Morgan fingerprint density at radius 3 is 1.48 bits per heavy atom. The Balaban J connectivity index is 2.24. The van der Waals surface area contributed by atoms with E-state index in [1.807, 2.05) is 32.0 Å². The van der Waals surface area contributed by atoms with E-state index in [1.165, 1.54) is 27.7 Å². The molecule has 15 N–H and O–H groups in total. The molecule has 69 heavy (non-hydrogen) atoms. The molecule has 0 aliphatic carbocycles. The van der Waals surface area contributed by atoms with Crippen molar-refractivity contribution in [3.63, 3.8) is 0 Å². The Morgan fingerprint density at radius 2 is 1.00 bits per heavy atom. The highest BCUT2D eigenvalue weighted by molar-refractivity contribution is 5.98. The number of hydrogen-bond donors (Lipinski definition) is 14. The molecule has 23 heteroatoms. The number of amides is 8. The Bertz CT molecular complexity index is 2110. The van der Waals surface area contributed by atoms with Crippen LogP contribution in [0.5, 0.6) is 0 Å². The molecule has 2 rings (SSSR count). The van der Waals surface area contributed by atoms with Crippen LogP contribution in [-0.4, -0.2) is 151 Å². The summed E-state index contributed by atoms with van der Waals surface area (Å²) < 4.78 is 0. The van der Waals surface area contributed by atoms with Gasteiger partial charge >= 0.3 is 5.97 Å². The van der Waals surface area contributed by atoms with E-state index in [-0.39, 0.29) is 18.8 Å². The molecule has 0 saturated carbocycles. The number of fused-ring (bicyclic) bond motifs is 1. The van der Waals surface area contributed by atoms with Crippen molar-refractivity contribution in [2.75, 3.05) is 0 Å². The summed E-state index contributed by atoms with van der Waals surface area (Å²) in [7, 11) is 0. The molecular formula is C46H74N10O13. The SMILES string of the molecule is CC[C@H](C)[C@H](NC(=O)[C@@H](NC(=O)[C@@H](NC(=O)[C@H](C)NC(=O)[C@@H](NC(=O)[C@H](C)NC(=O)[C@H](Cc1c[nH]c2ccccc12)NC(=O)[C@H](CC(C)C)NC(=O)[C@@H](N)[C@@H](C)O)C(C)C)[C@@H](C)O)[C@@H](C)O)C(=O)O. The minimum Gasteiger partial charge on any atom is -0.480 e. The number of aliphatic carboxylic acids is 1. The van der Waals surface area contributed by atoms with Crippen molar-refractivity contribution < 1.29 is 63.6 Å². The molecular weight excluding hydrogens is 901 g/mol. The van der Waals surface area contributed by atoms with Crippen LogP contribution in [0.3, 0.4) is 0 Å². The summed E-state index contributed by atoms with van der Waals surface area (Å²) >= 11 is 0. The molecule has 0 unspecified atom stereocenters. The van der Waals surface area contributed by atoms with Crippen LogP contribution in [0.4, 0.5) is 0 Å². The fourth-order valence-corrected chi connectivity index (χ4v) is 7.01. The van der Waals surface area contributed by atoms with Gasteiger partial charge in [0, 0.05) is 23.5 Å². The maximum Gasteiger partial charge on any atom is 0.326 e. The first kappa shape index (κ1) is 59.0. The second-order valence-electron chi connectivity index (χ2n) is 18.4. The van der Waals surface area contributed by atoms with Gasteiger partial charge in [0.15, 0.2) is 0 Å². The van der Waals surface area contributed by atoms with Crippen LogP contribution < -0.4 is 48.3 Å². The fraction of sp³-hybridized carbons (Fsp3) is 0.630. The van der Waals surface area contributed by atoms with Crippen LogP contribution in [0.25, 0.3) is 10.9 Å². The number of carboxylic acids is 1. The molecule has 2 aromatic rings. The fourth-order valence-electron chi connectivity index (χ4n) is 7.01. The number of aromatic nitrogens is 1. The number of nitrogens with one attached hydrogen (secondary N) is 9. The normalized spacial score (nSPS) is 17.2. The van der Waals surface area contributed by atoms with Crippen molar-refractivity contribution in [1.82, 2.24) is 47.5 Å². The first-order valence-corrected chi connectivity index (χ1v) is 23.1. The maximum absolute atomic E-state index is 14.0. The molecule has 13 atom stereocenters. The molecule has 8 amide bonds. The number of benzene rings is 1. The lowest BCUT2D eigenvalue weighted by atomic mass is 9.98. The molecule has 1 heterocycles. The number of hydrogen-bond acceptors (Lipinski definition) is 13. The van der Waals surface area contributed by atoms with Crippen LogP contribution in [0.2, 0.25) is 0 Å². The van der Waals surface area contributed by atoms with Gasteiger partial charge in [0.25, 0.3) is 0 Å². The van der Waals surface area contributed by atoms with Crippen LogP contribution >= 0.6 is 0 Å². The smallest absolute Gasteiger partial charge is 0.326 e. The van der Waals surface area contributed by atoms with Gasteiger partial charge in [-0.15, -0.1) is 0 Å². The van der Waals surface area contributed by atoms with Gasteiger partial charge in [-0.05, 0) is 70.4 Å². The van der Waals surface area contributed by atoms with E-state index in [4.69, 9.17) is 5.73 Å². The van der Waals surface area contributed by atoms with Gasteiger partial charge in [-0.2, -0.15) is 0 Å². The number of nitrogens with two attached hydrogens (primary N) is 1. The molecule has 0 aliphatic heterocycles. The molecule has 1 aromatic heterocycles. The van der Waals surface area contributed by atoms with Gasteiger partial charge in [0.1, 0.15) is 54.4 Å². The van der Waals surface area contributed by atoms with Gasteiger partial charge in [0.05, 0.1) is 18.3 Å². The second-order valence-corrected chi connectivity index (χ2v) is 18.4. The maximum atomic E-state index is 14.0. The summed E-state index contributed by atoms with van der Waals surface area (Å²) in [6.07, 6.45) is -2.15. The summed E-state index contributed by atoms with van der Waals surface area (Å²) in [5.41, 5.74) is 7.24. The summed E-state index contributed by atoms with van der Waals surface area (Å²) in [6.45, 7) is 16.5. The lowest BCUT2D eigenvalue weighted by Crippen LogP contribution is -2.63. The van der Waals surface area contributed by atoms with Gasteiger partial charge in [-0.25, -0.2) is 4.79 Å². The Kier molecular flexibility index (Phi) is 23.2. The quantitative estimate of drug-likeness (QED) is 0.0458. The largest absolute Gasteiger partial charge is 0.480 e. The van der Waals surface area contributed by atoms with E-state index < -0.39 is 138 Å². The van der Waals surface area contributed by atoms with Gasteiger partial charge in [-0.1, -0.05) is 66.2 Å². The predicted octanol–water partition coefficient (Wildman–Crippen LogP) is -2.07. The van der Waals surface area contributed by atoms with Crippen LogP contribution in [0.1, 0.15) is 94.6 Å². The highest BCUT2D eigenvalue weighted by Crippen LogP contribution is 2.20. The lowest BCUT2D eigenvalue weighted by Gasteiger charge is -2.29. The van der Waals surface area contributed by atoms with Crippen molar-refractivity contribution in [3.8, 4) is 0 Å². The van der Waals surface area contributed by atoms with Crippen molar-refractivity contribution in [3.05, 3.63) is 36.0 Å². The number of carboxylic acid groups (broad SMARTS) is 1. The van der Waals surface area contributed by atoms with E-state index in [2.05, 4.69) is 47.5 Å². The summed E-state index contributed by atoms with van der Waals surface area (Å²) in [6, 6.07) is -5.23. The van der Waals surface area contributed by atoms with E-state index in [0.717, 1.165) is 17.8 Å². The number of para-hydroxylation sites is 1. The van der Waals surface area contributed by atoms with Gasteiger partial charge in [-0.3, -0.25) is 38.4 Å². The zero-order valence-corrected chi connectivity index (χ0v) is 41.2. The molecule has 0 fully saturated rings. The molecule has 386 valence electrons. The third kappa shape index (κ3) is 17.7. The molecule has 0 radical (unpaired) electrons. The number of rotatable bonds is 27. The number of carbonyl (C=O) groups is 9. The summed E-state index contributed by atoms with van der Waals surface area (Å²) in [5.74, 6) is -9.56. The molecule has 0 saturated heterocycles. The van der Waals surface area contributed by atoms with Crippen LogP contribution in [-0.2, 0) is 49.6 Å². The number of carbonyl (C=O) groups excluding carboxylic acids is 8. The number of aliphatic hydroxyl groups is 3. The monoisotopic (exact) mass is 975 g/mol. The first-order valence-electron chi connectivity index (χ1n) is 23.1. The molecule has 0 bridgehead atoms. The van der Waals surface area contributed by atoms with Crippen LogP contribution in [0.15, 0.2) is 30.5 Å². The number of aromatic amines is 1. The highest BCUT2D eigenvalue weighted by Gasteiger charge is 2.37. The van der Waals surface area contributed by atoms with E-state index >= 15 is 0 Å². The van der Waals surface area contributed by atoms with Gasteiger partial charge in [0.2, 0.25) is 47.3 Å². The Morgan fingerprint density at radius 1 is 0.551 bits per heavy atom. The topological polar surface area (TPSA) is 373 Å². The zero-order valence-electron chi connectivity index (χ0n) is 41.2. The third-order valence-corrected chi connectivity index (χ3v) is 11.5. The minimum atomic E-state index is -1.72. The average molecular weight is 975 g/mol. The summed E-state index contributed by atoms with van der Waals surface area (Å²) in [4.78, 5) is 123. The molecule has 1 aromatic carbocycles. The standard InChI is InChI=1S/C46H74N10O13/c1-12-22(6)35(46(68)69)54-44(66)37(27(11)59)56-45(67)36(26(10)58)55-39(61)24(8)50-43(65)34(21(4)5)53-38(60)23(7)49-40(62)32(18-28-19-48-30-16-14-13-15-29(28)30)51-41(63)31(17-20(2)3)52-42(64)33(47)25(9)57/h13-16,19-27,31-37,48,57-59H,12,17-18,47H2,1-11H3,(H,49,62)(H,50,65)(H,51,63)(H,52,64)(H,53,60)(H,54,66)(H,55,61)(H,56,67)(H,68,69)/t22-,23-,24-,25+,26+,27+,31-,32-,33-,34-,35-,36-,37-/m0/s1. The van der Waals surface area contributed by atoms with Crippen LogP contribution in [0, 0.1) is 17.8 Å². The number of aliphatic hydroxyl groups excluding tert-OH is 3. The summed E-state index contributed by atoms with van der Waals surface area (Å²) in [5, 5.41) is 60.7. The third-order valence-electron chi connectivity index (χ3n) is 11.5. The molecule has 0 aliphatic rings.